The van der Waals surface area contributed by atoms with E-state index in [-0.39, 0.29) is 0 Å². The largest absolute Gasteiger partial charge is 0.323 e. The normalized spacial score (nSPS) is 11.0. The van der Waals surface area contributed by atoms with E-state index in [0.717, 1.165) is 17.2 Å². The van der Waals surface area contributed by atoms with Gasteiger partial charge in [0, 0.05) is 24.5 Å². The summed E-state index contributed by atoms with van der Waals surface area (Å²) in [6.45, 7) is 3.08. The molecule has 0 radical (unpaired) electrons. The van der Waals surface area contributed by atoms with Crippen LogP contribution in [-0.2, 0) is 13.1 Å². The van der Waals surface area contributed by atoms with Crippen LogP contribution in [0.3, 0.4) is 0 Å². The molecule has 26 heavy (non-hydrogen) atoms. The van der Waals surface area contributed by atoms with E-state index >= 15 is 0 Å². The van der Waals surface area contributed by atoms with Crippen molar-refractivity contribution in [3.05, 3.63) is 66.1 Å². The highest BCUT2D eigenvalue weighted by Gasteiger charge is 2.14. The van der Waals surface area contributed by atoms with Crippen LogP contribution in [0.4, 0.5) is 4.39 Å². The van der Waals surface area contributed by atoms with Crippen molar-refractivity contribution < 1.29 is 4.39 Å². The minimum atomic E-state index is -0.518. The van der Waals surface area contributed by atoms with Crippen LogP contribution < -0.4 is 0 Å². The average Bonchev–Trinajstić information content (AvgIpc) is 3.25. The third-order valence-corrected chi connectivity index (χ3v) is 4.23. The van der Waals surface area contributed by atoms with Crippen LogP contribution in [0.2, 0.25) is 0 Å². The second-order valence-electron chi connectivity index (χ2n) is 5.82. The third kappa shape index (κ3) is 2.71. The molecule has 0 spiro atoms. The topological polar surface area (TPSA) is 72.3 Å². The van der Waals surface area contributed by atoms with Gasteiger partial charge in [-0.2, -0.15) is 14.6 Å². The smallest absolute Gasteiger partial charge is 0.214 e. The minimum absolute atomic E-state index is 0.470. The van der Waals surface area contributed by atoms with E-state index in [1.807, 2.05) is 34.4 Å². The van der Waals surface area contributed by atoms with E-state index in [1.165, 1.54) is 6.07 Å². The molecule has 0 aliphatic rings. The molecule has 0 unspecified atom stereocenters. The van der Waals surface area contributed by atoms with Gasteiger partial charge in [0.1, 0.15) is 17.2 Å². The molecular weight excluding hydrogens is 331 g/mol. The molecule has 4 rings (SSSR count). The van der Waals surface area contributed by atoms with Gasteiger partial charge in [-0.15, -0.1) is 0 Å². The molecule has 4 aromatic rings. The van der Waals surface area contributed by atoms with E-state index in [2.05, 4.69) is 21.0 Å². The zero-order valence-corrected chi connectivity index (χ0v) is 14.1. The van der Waals surface area contributed by atoms with Crippen LogP contribution in [0.1, 0.15) is 18.3 Å². The molecule has 0 saturated heterocycles. The quantitative estimate of drug-likeness (QED) is 0.531. The van der Waals surface area contributed by atoms with Crippen molar-refractivity contribution >= 4 is 11.2 Å². The molecule has 128 valence electrons. The first kappa shape index (κ1) is 16.0. The summed E-state index contributed by atoms with van der Waals surface area (Å²) < 4.78 is 17.4. The van der Waals surface area contributed by atoms with Gasteiger partial charge >= 0.3 is 0 Å². The molecule has 0 aliphatic heterocycles. The maximum absolute atomic E-state index is 13.5. The zero-order chi connectivity index (χ0) is 18.1. The van der Waals surface area contributed by atoms with Gasteiger partial charge in [-0.1, -0.05) is 12.1 Å². The van der Waals surface area contributed by atoms with Crippen LogP contribution in [0, 0.1) is 17.3 Å². The van der Waals surface area contributed by atoms with Gasteiger partial charge in [0.05, 0.1) is 18.2 Å². The second-order valence-corrected chi connectivity index (χ2v) is 5.82. The fraction of sp³-hybridized carbons (Fsp3) is 0.158. The predicted molar refractivity (Wildman–Crippen MR) is 94.6 cm³/mol. The summed E-state index contributed by atoms with van der Waals surface area (Å²) in [6, 6.07) is 12.4. The highest BCUT2D eigenvalue weighted by molar-refractivity contribution is 5.71. The maximum atomic E-state index is 13.5. The summed E-state index contributed by atoms with van der Waals surface area (Å²) in [5, 5.41) is 9.11. The molecule has 0 amide bonds. The summed E-state index contributed by atoms with van der Waals surface area (Å²) in [6.07, 6.45) is 3.58. The van der Waals surface area contributed by atoms with Crippen molar-refractivity contribution in [3.63, 3.8) is 0 Å². The first-order valence-electron chi connectivity index (χ1n) is 8.23. The zero-order valence-electron chi connectivity index (χ0n) is 14.1. The number of pyridine rings is 1. The van der Waals surface area contributed by atoms with E-state index in [9.17, 15) is 4.39 Å². The van der Waals surface area contributed by atoms with Crippen molar-refractivity contribution in [2.24, 2.45) is 0 Å². The van der Waals surface area contributed by atoms with Crippen LogP contribution in [0.25, 0.3) is 22.6 Å². The number of imidazole rings is 2. The van der Waals surface area contributed by atoms with Crippen molar-refractivity contribution in [1.82, 2.24) is 24.1 Å². The molecule has 1 aromatic carbocycles. The summed E-state index contributed by atoms with van der Waals surface area (Å²) in [4.78, 5) is 13.0. The molecule has 0 fully saturated rings. The number of benzene rings is 1. The maximum Gasteiger partial charge on any atom is 0.214 e. The molecule has 7 heteroatoms. The Morgan fingerprint density at radius 2 is 2.08 bits per heavy atom. The molecule has 0 bridgehead atoms. The van der Waals surface area contributed by atoms with Gasteiger partial charge in [-0.25, -0.2) is 9.97 Å². The summed E-state index contributed by atoms with van der Waals surface area (Å²) in [5.41, 5.74) is 2.64. The number of hydrogen-bond donors (Lipinski definition) is 0. The molecular formula is C19H15FN6. The van der Waals surface area contributed by atoms with Gasteiger partial charge in [0.25, 0.3) is 0 Å². The van der Waals surface area contributed by atoms with Crippen molar-refractivity contribution in [3.8, 4) is 17.5 Å². The Morgan fingerprint density at radius 3 is 2.88 bits per heavy atom. The summed E-state index contributed by atoms with van der Waals surface area (Å²) in [5.74, 6) is 1.00. The molecule has 0 aliphatic carbocycles. The first-order valence-corrected chi connectivity index (χ1v) is 8.23. The molecule has 0 N–H and O–H groups in total. The number of fused-ring (bicyclic) bond motifs is 1. The van der Waals surface area contributed by atoms with E-state index in [1.54, 1.807) is 24.4 Å². The van der Waals surface area contributed by atoms with Crippen molar-refractivity contribution in [2.75, 3.05) is 0 Å². The van der Waals surface area contributed by atoms with Gasteiger partial charge < -0.3 is 9.13 Å². The van der Waals surface area contributed by atoms with E-state index < -0.39 is 5.95 Å². The Balaban J connectivity index is 1.76. The Kier molecular flexibility index (Phi) is 3.93. The Labute approximate surface area is 149 Å². The Morgan fingerprint density at radius 1 is 1.19 bits per heavy atom. The molecule has 6 nitrogen and oxygen atoms in total. The number of rotatable bonds is 4. The highest BCUT2D eigenvalue weighted by atomic mass is 19.1. The number of hydrogen-bond acceptors (Lipinski definition) is 4. The Hall–Kier alpha value is -3.53. The summed E-state index contributed by atoms with van der Waals surface area (Å²) >= 11 is 0. The molecule has 3 heterocycles. The SMILES string of the molecule is CCn1c(Cn2ccnc2-c2cccc(C#N)c2)nc2ccc(F)nc21. The predicted octanol–water partition coefficient (Wildman–Crippen LogP) is 3.37. The molecule has 3 aromatic heterocycles. The lowest BCUT2D eigenvalue weighted by molar-refractivity contribution is 0.583. The number of nitrogens with zero attached hydrogens (tertiary/aromatic N) is 6. The van der Waals surface area contributed by atoms with Gasteiger partial charge in [0.15, 0.2) is 5.65 Å². The molecule has 0 saturated carbocycles. The summed E-state index contributed by atoms with van der Waals surface area (Å²) in [7, 11) is 0. The lowest BCUT2D eigenvalue weighted by atomic mass is 10.1. The third-order valence-electron chi connectivity index (χ3n) is 4.23. The van der Waals surface area contributed by atoms with Gasteiger partial charge in [-0.05, 0) is 31.2 Å². The van der Waals surface area contributed by atoms with Crippen molar-refractivity contribution in [1.29, 1.82) is 5.26 Å². The van der Waals surface area contributed by atoms with Gasteiger partial charge in [0.2, 0.25) is 5.95 Å². The van der Waals surface area contributed by atoms with Crippen LogP contribution >= 0.6 is 0 Å². The van der Waals surface area contributed by atoms with Crippen LogP contribution in [0.5, 0.6) is 0 Å². The number of aryl methyl sites for hydroxylation is 1. The fourth-order valence-electron chi connectivity index (χ4n) is 3.06. The van der Waals surface area contributed by atoms with Crippen LogP contribution in [0.15, 0.2) is 48.8 Å². The lowest BCUT2D eigenvalue weighted by Crippen LogP contribution is -2.09. The fourth-order valence-corrected chi connectivity index (χ4v) is 3.06. The second kappa shape index (κ2) is 6.41. The number of nitriles is 1. The Bertz CT molecular complexity index is 1130. The van der Waals surface area contributed by atoms with Gasteiger partial charge in [-0.3, -0.25) is 0 Å². The van der Waals surface area contributed by atoms with Crippen LogP contribution in [-0.4, -0.2) is 24.1 Å². The highest BCUT2D eigenvalue weighted by Crippen LogP contribution is 2.21. The number of aromatic nitrogens is 5. The van der Waals surface area contributed by atoms with Crippen molar-refractivity contribution in [2.45, 2.75) is 20.0 Å². The minimum Gasteiger partial charge on any atom is -0.323 e. The lowest BCUT2D eigenvalue weighted by Gasteiger charge is -2.09. The standard InChI is InChI=1S/C19H15FN6/c1-2-26-17(23-15-6-7-16(20)24-19(15)26)12-25-9-8-22-18(25)14-5-3-4-13(10-14)11-21/h3-10H,2,12H2,1H3. The average molecular weight is 346 g/mol. The first-order chi connectivity index (χ1) is 12.7. The monoisotopic (exact) mass is 346 g/mol. The molecule has 0 atom stereocenters. The van der Waals surface area contributed by atoms with E-state index in [0.29, 0.717) is 29.8 Å². The number of halogens is 1. The van der Waals surface area contributed by atoms with E-state index in [4.69, 9.17) is 5.26 Å².